The number of hydrogen-bond acceptors (Lipinski definition) is 6. The van der Waals surface area contributed by atoms with Crippen LogP contribution in [-0.2, 0) is 12.8 Å². The summed E-state index contributed by atoms with van der Waals surface area (Å²) in [5.41, 5.74) is 2.83. The van der Waals surface area contributed by atoms with Gasteiger partial charge in [-0.3, -0.25) is 4.79 Å². The molecule has 7 nitrogen and oxygen atoms in total. The molecule has 2 N–H and O–H groups in total. The van der Waals surface area contributed by atoms with Crippen molar-refractivity contribution in [1.82, 2.24) is 4.90 Å². The Morgan fingerprint density at radius 3 is 2.48 bits per heavy atom. The van der Waals surface area contributed by atoms with E-state index in [1.54, 1.807) is 11.0 Å². The van der Waals surface area contributed by atoms with Crippen LogP contribution in [0.4, 0.5) is 0 Å². The van der Waals surface area contributed by atoms with Gasteiger partial charge < -0.3 is 29.3 Å². The molecule has 2 aromatic rings. The van der Waals surface area contributed by atoms with E-state index in [1.807, 2.05) is 6.07 Å². The van der Waals surface area contributed by atoms with Gasteiger partial charge in [-0.25, -0.2) is 0 Å². The highest BCUT2D eigenvalue weighted by molar-refractivity contribution is 6.01. The van der Waals surface area contributed by atoms with Crippen LogP contribution in [0.1, 0.15) is 33.1 Å². The van der Waals surface area contributed by atoms with Crippen molar-refractivity contribution in [1.29, 1.82) is 0 Å². The maximum atomic E-state index is 13.2. The minimum absolute atomic E-state index is 0.0514. The molecule has 142 valence electrons. The first kappa shape index (κ1) is 17.3. The monoisotopic (exact) mass is 371 g/mol. The average molecular weight is 371 g/mol. The number of benzene rings is 2. The summed E-state index contributed by atoms with van der Waals surface area (Å²) in [6, 6.07) is 4.89. The third kappa shape index (κ3) is 2.38. The van der Waals surface area contributed by atoms with Crippen LogP contribution in [0.25, 0.3) is 0 Å². The summed E-state index contributed by atoms with van der Waals surface area (Å²) in [7, 11) is 4.44. The second kappa shape index (κ2) is 6.26. The number of amides is 1. The summed E-state index contributed by atoms with van der Waals surface area (Å²) in [4.78, 5) is 14.9. The molecule has 7 heteroatoms. The van der Waals surface area contributed by atoms with Crippen LogP contribution < -0.4 is 14.2 Å². The smallest absolute Gasteiger partial charge is 0.258 e. The van der Waals surface area contributed by atoms with E-state index in [4.69, 9.17) is 14.2 Å². The summed E-state index contributed by atoms with van der Waals surface area (Å²) in [6.07, 6.45) is 1.06. The standard InChI is InChI=1S/C20H21NO6/c1-25-15-9-12-11(17(23)19(15)27-3)6-7-21-13(12)8-10-4-5-14(22)18(26-2)16(10)20(21)24/h4-5,9,13,22-23H,6-8H2,1-3H3/t13-/m0/s1. The SMILES string of the molecule is COc1cc2c(c(O)c1OC)CCN1C(=O)c3c(ccc(O)c3OC)C[C@@H]21. The number of nitrogens with zero attached hydrogens (tertiary/aromatic N) is 1. The normalized spacial score (nSPS) is 17.7. The largest absolute Gasteiger partial charge is 0.504 e. The lowest BCUT2D eigenvalue weighted by Crippen LogP contribution is -2.44. The Kier molecular flexibility index (Phi) is 4.02. The van der Waals surface area contributed by atoms with Crippen molar-refractivity contribution in [2.75, 3.05) is 27.9 Å². The Hall–Kier alpha value is -3.09. The second-order valence-corrected chi connectivity index (χ2v) is 6.65. The van der Waals surface area contributed by atoms with Crippen molar-refractivity contribution >= 4 is 5.91 Å². The van der Waals surface area contributed by atoms with Gasteiger partial charge in [0.1, 0.15) is 0 Å². The van der Waals surface area contributed by atoms with Gasteiger partial charge in [0.15, 0.2) is 23.0 Å². The molecule has 2 aliphatic rings. The molecule has 0 radical (unpaired) electrons. The van der Waals surface area contributed by atoms with Gasteiger partial charge in [-0.15, -0.1) is 0 Å². The number of phenols is 2. The van der Waals surface area contributed by atoms with Gasteiger partial charge in [0.25, 0.3) is 5.91 Å². The Balaban J connectivity index is 1.87. The third-order valence-corrected chi connectivity index (χ3v) is 5.44. The first-order valence-corrected chi connectivity index (χ1v) is 8.68. The zero-order valence-electron chi connectivity index (χ0n) is 15.4. The summed E-state index contributed by atoms with van der Waals surface area (Å²) in [6.45, 7) is 0.456. The number of aromatic hydroxyl groups is 2. The van der Waals surface area contributed by atoms with Crippen molar-refractivity contribution in [3.8, 4) is 28.7 Å². The number of phenolic OH excluding ortho intramolecular Hbond substituents is 2. The predicted octanol–water partition coefficient (Wildman–Crippen LogP) is 2.42. The van der Waals surface area contributed by atoms with E-state index in [0.29, 0.717) is 36.4 Å². The van der Waals surface area contributed by atoms with E-state index in [9.17, 15) is 15.0 Å². The molecule has 4 rings (SSSR count). The van der Waals surface area contributed by atoms with Crippen LogP contribution in [-0.4, -0.2) is 48.9 Å². The molecule has 2 aliphatic heterocycles. The van der Waals surface area contributed by atoms with Gasteiger partial charge in [0, 0.05) is 12.1 Å². The lowest BCUT2D eigenvalue weighted by Gasteiger charge is -2.42. The van der Waals surface area contributed by atoms with Crippen molar-refractivity contribution in [3.63, 3.8) is 0 Å². The van der Waals surface area contributed by atoms with Crippen LogP contribution in [0.5, 0.6) is 28.7 Å². The Labute approximate surface area is 156 Å². The molecule has 27 heavy (non-hydrogen) atoms. The first-order valence-electron chi connectivity index (χ1n) is 8.68. The molecule has 0 saturated carbocycles. The van der Waals surface area contributed by atoms with Crippen molar-refractivity contribution < 1.29 is 29.2 Å². The highest BCUT2D eigenvalue weighted by Gasteiger charge is 2.40. The van der Waals surface area contributed by atoms with Crippen molar-refractivity contribution in [2.24, 2.45) is 0 Å². The van der Waals surface area contributed by atoms with E-state index < -0.39 is 0 Å². The molecule has 0 unspecified atom stereocenters. The predicted molar refractivity (Wildman–Crippen MR) is 97.1 cm³/mol. The van der Waals surface area contributed by atoms with E-state index >= 15 is 0 Å². The highest BCUT2D eigenvalue weighted by atomic mass is 16.5. The fourth-order valence-electron chi connectivity index (χ4n) is 4.19. The number of rotatable bonds is 3. The van der Waals surface area contributed by atoms with Crippen LogP contribution in [0.2, 0.25) is 0 Å². The molecule has 0 fully saturated rings. The number of carbonyl (C=O) groups excluding carboxylic acids is 1. The third-order valence-electron chi connectivity index (χ3n) is 5.44. The lowest BCUT2D eigenvalue weighted by atomic mass is 9.82. The van der Waals surface area contributed by atoms with Gasteiger partial charge in [0.05, 0.1) is 32.9 Å². The number of carbonyl (C=O) groups is 1. The molecule has 0 spiro atoms. The molecule has 0 aromatic heterocycles. The van der Waals surface area contributed by atoms with Gasteiger partial charge in [-0.2, -0.15) is 0 Å². The Bertz CT molecular complexity index is 939. The average Bonchev–Trinajstić information content (AvgIpc) is 2.68. The van der Waals surface area contributed by atoms with E-state index in [2.05, 4.69) is 0 Å². The number of ether oxygens (including phenoxy) is 3. The van der Waals surface area contributed by atoms with Gasteiger partial charge in [-0.05, 0) is 36.1 Å². The summed E-state index contributed by atoms with van der Waals surface area (Å²) < 4.78 is 15.9. The van der Waals surface area contributed by atoms with Crippen LogP contribution in [0.3, 0.4) is 0 Å². The molecular formula is C20H21NO6. The fraction of sp³-hybridized carbons (Fsp3) is 0.350. The van der Waals surface area contributed by atoms with Gasteiger partial charge in [-0.1, -0.05) is 6.07 Å². The zero-order chi connectivity index (χ0) is 19.3. The van der Waals surface area contributed by atoms with Crippen LogP contribution in [0.15, 0.2) is 18.2 Å². The minimum atomic E-state index is -0.228. The molecule has 2 aromatic carbocycles. The quantitative estimate of drug-likeness (QED) is 0.862. The molecule has 1 amide bonds. The Morgan fingerprint density at radius 2 is 1.81 bits per heavy atom. The molecular weight excluding hydrogens is 350 g/mol. The highest BCUT2D eigenvalue weighted by Crippen LogP contribution is 2.49. The molecule has 0 bridgehead atoms. The number of hydrogen-bond donors (Lipinski definition) is 2. The minimum Gasteiger partial charge on any atom is -0.504 e. The fourth-order valence-corrected chi connectivity index (χ4v) is 4.19. The van der Waals surface area contributed by atoms with E-state index in [-0.39, 0.29) is 29.2 Å². The molecule has 1 atom stereocenters. The van der Waals surface area contributed by atoms with Crippen molar-refractivity contribution in [2.45, 2.75) is 18.9 Å². The molecule has 0 aliphatic carbocycles. The summed E-state index contributed by atoms with van der Waals surface area (Å²) in [5, 5.41) is 20.7. The maximum Gasteiger partial charge on any atom is 0.258 e. The van der Waals surface area contributed by atoms with Gasteiger partial charge >= 0.3 is 0 Å². The van der Waals surface area contributed by atoms with E-state index in [0.717, 1.165) is 16.7 Å². The van der Waals surface area contributed by atoms with Gasteiger partial charge in [0.2, 0.25) is 5.75 Å². The second-order valence-electron chi connectivity index (χ2n) is 6.65. The van der Waals surface area contributed by atoms with Crippen molar-refractivity contribution in [3.05, 3.63) is 40.5 Å². The van der Waals surface area contributed by atoms with Crippen LogP contribution >= 0.6 is 0 Å². The number of fused-ring (bicyclic) bond motifs is 4. The maximum absolute atomic E-state index is 13.2. The molecule has 2 heterocycles. The first-order chi connectivity index (χ1) is 13.0. The summed E-state index contributed by atoms with van der Waals surface area (Å²) in [5.74, 6) is 0.763. The zero-order valence-corrected chi connectivity index (χ0v) is 15.4. The Morgan fingerprint density at radius 1 is 1.07 bits per heavy atom. The lowest BCUT2D eigenvalue weighted by molar-refractivity contribution is 0.0624. The summed E-state index contributed by atoms with van der Waals surface area (Å²) >= 11 is 0. The van der Waals surface area contributed by atoms with Crippen LogP contribution in [0, 0.1) is 0 Å². The van der Waals surface area contributed by atoms with E-state index in [1.165, 1.54) is 27.4 Å². The topological polar surface area (TPSA) is 88.5 Å². The number of methoxy groups -OCH3 is 3. The molecule has 0 saturated heterocycles.